The summed E-state index contributed by atoms with van der Waals surface area (Å²) < 4.78 is 1.91. The molecule has 0 fully saturated rings. The Labute approximate surface area is 152 Å². The van der Waals surface area contributed by atoms with Crippen LogP contribution in [-0.2, 0) is 0 Å². The first-order chi connectivity index (χ1) is 12.2. The molecule has 1 heterocycles. The highest BCUT2D eigenvalue weighted by Crippen LogP contribution is 2.19. The molecular formula is C21H21N3S. The molecule has 0 unspecified atom stereocenters. The van der Waals surface area contributed by atoms with Gasteiger partial charge in [-0.2, -0.15) is 5.10 Å². The first-order valence-electron chi connectivity index (χ1n) is 8.18. The van der Waals surface area contributed by atoms with E-state index in [1.54, 1.807) is 17.4 Å². The molecule has 4 heteroatoms. The molecule has 3 rings (SSSR count). The summed E-state index contributed by atoms with van der Waals surface area (Å²) in [5.41, 5.74) is 5.74. The Morgan fingerprint density at radius 1 is 1.12 bits per heavy atom. The van der Waals surface area contributed by atoms with E-state index in [1.807, 2.05) is 29.1 Å². The Kier molecular flexibility index (Phi) is 5.41. The van der Waals surface area contributed by atoms with E-state index in [4.69, 9.17) is 5.10 Å². The summed E-state index contributed by atoms with van der Waals surface area (Å²) in [6.07, 6.45) is 3.70. The van der Waals surface area contributed by atoms with Crippen LogP contribution in [0.4, 0.5) is 0 Å². The minimum absolute atomic E-state index is 0.577. The second-order valence-electron chi connectivity index (χ2n) is 5.82. The minimum Gasteiger partial charge on any atom is -0.253 e. The average Bonchev–Trinajstić information content (AvgIpc) is 3.03. The maximum absolute atomic E-state index is 4.73. The molecule has 1 aromatic heterocycles. The molecule has 0 aliphatic heterocycles. The molecule has 126 valence electrons. The fourth-order valence-corrected chi connectivity index (χ4v) is 3.41. The molecular weight excluding hydrogens is 326 g/mol. The van der Waals surface area contributed by atoms with E-state index in [0.29, 0.717) is 6.54 Å². The van der Waals surface area contributed by atoms with E-state index >= 15 is 0 Å². The van der Waals surface area contributed by atoms with Crippen LogP contribution in [0.5, 0.6) is 0 Å². The van der Waals surface area contributed by atoms with Gasteiger partial charge in [0.15, 0.2) is 0 Å². The van der Waals surface area contributed by atoms with Gasteiger partial charge in [0, 0.05) is 10.9 Å². The summed E-state index contributed by atoms with van der Waals surface area (Å²) in [5, 5.41) is 6.82. The Hall–Kier alpha value is -2.72. The van der Waals surface area contributed by atoms with Crippen LogP contribution in [-0.4, -0.2) is 17.4 Å². The summed E-state index contributed by atoms with van der Waals surface area (Å²) in [5.74, 6) is 0. The van der Waals surface area contributed by atoms with Crippen molar-refractivity contribution in [3.8, 4) is 11.3 Å². The first kappa shape index (κ1) is 17.1. The van der Waals surface area contributed by atoms with Crippen molar-refractivity contribution in [1.82, 2.24) is 4.68 Å². The van der Waals surface area contributed by atoms with Gasteiger partial charge in [-0.1, -0.05) is 60.2 Å². The molecule has 0 aliphatic rings. The zero-order chi connectivity index (χ0) is 17.6. The fraction of sp³-hybridized carbons (Fsp3) is 0.143. The number of benzene rings is 2. The molecule has 2 aromatic carbocycles. The van der Waals surface area contributed by atoms with Gasteiger partial charge in [0.25, 0.3) is 0 Å². The number of aromatic nitrogens is 1. The third-order valence-corrected chi connectivity index (χ3v) is 4.70. The van der Waals surface area contributed by atoms with E-state index in [0.717, 1.165) is 21.6 Å². The van der Waals surface area contributed by atoms with Gasteiger partial charge in [-0.3, -0.25) is 4.99 Å². The van der Waals surface area contributed by atoms with Gasteiger partial charge in [-0.05, 0) is 25.0 Å². The second-order valence-corrected chi connectivity index (χ2v) is 6.65. The minimum atomic E-state index is 0.577. The third-order valence-electron chi connectivity index (χ3n) is 3.85. The van der Waals surface area contributed by atoms with Crippen LogP contribution in [0.1, 0.15) is 16.7 Å². The number of aryl methyl sites for hydroxylation is 2. The highest BCUT2D eigenvalue weighted by molar-refractivity contribution is 7.07. The predicted octanol–water partition coefficient (Wildman–Crippen LogP) is 4.80. The summed E-state index contributed by atoms with van der Waals surface area (Å²) in [7, 11) is 0. The normalized spacial score (nSPS) is 12.0. The largest absolute Gasteiger partial charge is 0.253 e. The van der Waals surface area contributed by atoms with Gasteiger partial charge in [0.05, 0.1) is 18.5 Å². The fourth-order valence-electron chi connectivity index (χ4n) is 2.56. The third kappa shape index (κ3) is 4.03. The number of rotatable bonds is 5. The summed E-state index contributed by atoms with van der Waals surface area (Å²) in [6.45, 7) is 8.53. The Bertz CT molecular complexity index is 962. The summed E-state index contributed by atoms with van der Waals surface area (Å²) >= 11 is 1.59. The highest BCUT2D eigenvalue weighted by Gasteiger charge is 2.06. The van der Waals surface area contributed by atoms with Crippen molar-refractivity contribution in [1.29, 1.82) is 0 Å². The van der Waals surface area contributed by atoms with Gasteiger partial charge in [0.2, 0.25) is 4.80 Å². The zero-order valence-electron chi connectivity index (χ0n) is 14.5. The Morgan fingerprint density at radius 2 is 1.92 bits per heavy atom. The van der Waals surface area contributed by atoms with E-state index in [2.05, 4.69) is 61.1 Å². The molecule has 0 atom stereocenters. The van der Waals surface area contributed by atoms with Gasteiger partial charge in [0.1, 0.15) is 0 Å². The first-order valence-corrected chi connectivity index (χ1v) is 9.06. The van der Waals surface area contributed by atoms with Crippen molar-refractivity contribution in [3.63, 3.8) is 0 Å². The van der Waals surface area contributed by atoms with Crippen molar-refractivity contribution >= 4 is 17.6 Å². The van der Waals surface area contributed by atoms with Crippen molar-refractivity contribution in [2.24, 2.45) is 10.1 Å². The topological polar surface area (TPSA) is 29.6 Å². The Balaban J connectivity index is 2.08. The lowest BCUT2D eigenvalue weighted by molar-refractivity contribution is 0.840. The van der Waals surface area contributed by atoms with Crippen molar-refractivity contribution < 1.29 is 0 Å². The standard InChI is InChI=1S/C21H21N3S/c1-4-12-22-21-24(20(15-25-21)18-8-6-5-7-9-18)23-14-19-11-10-16(2)13-17(19)3/h4-11,13-15H,1,12H2,2-3H3. The van der Waals surface area contributed by atoms with Gasteiger partial charge in [-0.25, -0.2) is 4.68 Å². The number of hydrogen-bond donors (Lipinski definition) is 0. The van der Waals surface area contributed by atoms with Crippen LogP contribution in [0, 0.1) is 13.8 Å². The van der Waals surface area contributed by atoms with E-state index in [-0.39, 0.29) is 0 Å². The quantitative estimate of drug-likeness (QED) is 0.469. The van der Waals surface area contributed by atoms with E-state index < -0.39 is 0 Å². The molecule has 0 amide bonds. The molecule has 0 radical (unpaired) electrons. The number of thiazole rings is 1. The van der Waals surface area contributed by atoms with Crippen LogP contribution in [0.25, 0.3) is 11.3 Å². The van der Waals surface area contributed by atoms with Crippen molar-refractivity contribution in [2.75, 3.05) is 6.54 Å². The van der Waals surface area contributed by atoms with Crippen molar-refractivity contribution in [3.05, 3.63) is 88.1 Å². The van der Waals surface area contributed by atoms with Crippen LogP contribution in [0.2, 0.25) is 0 Å². The summed E-state index contributed by atoms with van der Waals surface area (Å²) in [6, 6.07) is 16.6. The van der Waals surface area contributed by atoms with E-state index in [9.17, 15) is 0 Å². The number of nitrogens with zero attached hydrogens (tertiary/aromatic N) is 3. The molecule has 3 aromatic rings. The molecule has 0 spiro atoms. The number of hydrogen-bond acceptors (Lipinski definition) is 3. The van der Waals surface area contributed by atoms with Gasteiger partial charge in [-0.15, -0.1) is 17.9 Å². The molecule has 0 bridgehead atoms. The molecule has 0 saturated heterocycles. The lowest BCUT2D eigenvalue weighted by Gasteiger charge is -2.05. The molecule has 0 saturated carbocycles. The highest BCUT2D eigenvalue weighted by atomic mass is 32.1. The lowest BCUT2D eigenvalue weighted by Crippen LogP contribution is -2.12. The van der Waals surface area contributed by atoms with Crippen LogP contribution >= 0.6 is 11.3 Å². The predicted molar refractivity (Wildman–Crippen MR) is 107 cm³/mol. The van der Waals surface area contributed by atoms with Crippen LogP contribution in [0.3, 0.4) is 0 Å². The zero-order valence-corrected chi connectivity index (χ0v) is 15.3. The summed E-state index contributed by atoms with van der Waals surface area (Å²) in [4.78, 5) is 5.43. The molecule has 25 heavy (non-hydrogen) atoms. The smallest absolute Gasteiger partial charge is 0.206 e. The Morgan fingerprint density at radius 3 is 2.64 bits per heavy atom. The molecule has 0 aliphatic carbocycles. The average molecular weight is 347 g/mol. The van der Waals surface area contributed by atoms with Gasteiger partial charge < -0.3 is 0 Å². The maximum Gasteiger partial charge on any atom is 0.206 e. The monoisotopic (exact) mass is 347 g/mol. The van der Waals surface area contributed by atoms with Crippen LogP contribution in [0.15, 0.2) is 76.7 Å². The van der Waals surface area contributed by atoms with Crippen molar-refractivity contribution in [2.45, 2.75) is 13.8 Å². The molecule has 3 nitrogen and oxygen atoms in total. The van der Waals surface area contributed by atoms with E-state index in [1.165, 1.54) is 11.1 Å². The second kappa shape index (κ2) is 7.90. The maximum atomic E-state index is 4.73. The SMILES string of the molecule is C=CCN=c1scc(-c2ccccc2)n1N=Cc1ccc(C)cc1C. The van der Waals surface area contributed by atoms with Gasteiger partial charge >= 0.3 is 0 Å². The lowest BCUT2D eigenvalue weighted by atomic mass is 10.1. The molecule has 0 N–H and O–H groups in total. The van der Waals surface area contributed by atoms with Crippen LogP contribution < -0.4 is 4.80 Å².